The highest BCUT2D eigenvalue weighted by molar-refractivity contribution is 6.10. The highest BCUT2D eigenvalue weighted by atomic mass is 16.5. The zero-order valence-corrected chi connectivity index (χ0v) is 13.6. The number of nitrogens with zero attached hydrogens (tertiary/aromatic N) is 1. The number of esters is 1. The smallest absolute Gasteiger partial charge is 0.338 e. The van der Waals surface area contributed by atoms with E-state index in [4.69, 9.17) is 15.2 Å². The number of nitrogen functional groups attached to an aromatic ring is 1. The number of anilines is 1. The molecule has 3 rings (SSSR count). The van der Waals surface area contributed by atoms with E-state index in [2.05, 4.69) is 4.98 Å². The molecule has 5 nitrogen and oxygen atoms in total. The van der Waals surface area contributed by atoms with E-state index in [1.165, 1.54) is 7.11 Å². The minimum atomic E-state index is -0.419. The van der Waals surface area contributed by atoms with E-state index in [1.807, 2.05) is 43.3 Å². The van der Waals surface area contributed by atoms with E-state index in [0.29, 0.717) is 29.1 Å². The van der Waals surface area contributed by atoms with E-state index in [1.54, 1.807) is 12.3 Å². The third-order valence-corrected chi connectivity index (χ3v) is 3.79. The average molecular weight is 322 g/mol. The Morgan fingerprint density at radius 2 is 1.92 bits per heavy atom. The monoisotopic (exact) mass is 322 g/mol. The highest BCUT2D eigenvalue weighted by Crippen LogP contribution is 2.35. The summed E-state index contributed by atoms with van der Waals surface area (Å²) in [4.78, 5) is 16.6. The van der Waals surface area contributed by atoms with Gasteiger partial charge in [0.15, 0.2) is 0 Å². The number of carbonyl (C=O) groups is 1. The van der Waals surface area contributed by atoms with Gasteiger partial charge in [-0.25, -0.2) is 9.78 Å². The number of carbonyl (C=O) groups excluding carboxylic acids is 1. The maximum absolute atomic E-state index is 12.2. The second-order valence-electron chi connectivity index (χ2n) is 5.25. The molecule has 0 saturated carbocycles. The first-order valence-electron chi connectivity index (χ1n) is 7.64. The van der Waals surface area contributed by atoms with Gasteiger partial charge in [-0.1, -0.05) is 24.3 Å². The molecule has 0 saturated heterocycles. The van der Waals surface area contributed by atoms with Crippen molar-refractivity contribution in [2.75, 3.05) is 19.5 Å². The van der Waals surface area contributed by atoms with Crippen LogP contribution in [0.2, 0.25) is 0 Å². The summed E-state index contributed by atoms with van der Waals surface area (Å²) in [6, 6.07) is 13.0. The van der Waals surface area contributed by atoms with Crippen molar-refractivity contribution in [3.8, 4) is 17.0 Å². The standard InChI is InChI=1S/C19H18N2O3/c1-3-24-18-17-14(5-4-6-15(17)19(22)23-2)16(11-21-18)12-7-9-13(20)10-8-12/h4-11H,3,20H2,1-2H3. The molecule has 0 fully saturated rings. The number of fused-ring (bicyclic) bond motifs is 1. The summed E-state index contributed by atoms with van der Waals surface area (Å²) in [5, 5.41) is 1.53. The molecular weight excluding hydrogens is 304 g/mol. The van der Waals surface area contributed by atoms with Gasteiger partial charge in [-0.2, -0.15) is 0 Å². The van der Waals surface area contributed by atoms with Gasteiger partial charge in [-0.3, -0.25) is 0 Å². The van der Waals surface area contributed by atoms with Crippen LogP contribution < -0.4 is 10.5 Å². The Morgan fingerprint density at radius 3 is 2.58 bits per heavy atom. The molecule has 0 aliphatic carbocycles. The first-order chi connectivity index (χ1) is 11.7. The van der Waals surface area contributed by atoms with Crippen LogP contribution in [0.3, 0.4) is 0 Å². The maximum atomic E-state index is 12.2. The van der Waals surface area contributed by atoms with Crippen molar-refractivity contribution in [3.05, 3.63) is 54.2 Å². The first-order valence-corrected chi connectivity index (χ1v) is 7.64. The van der Waals surface area contributed by atoms with Crippen LogP contribution in [-0.4, -0.2) is 24.7 Å². The van der Waals surface area contributed by atoms with Gasteiger partial charge in [0.25, 0.3) is 0 Å². The zero-order valence-electron chi connectivity index (χ0n) is 13.6. The summed E-state index contributed by atoms with van der Waals surface area (Å²) in [5.74, 6) is 0.00510. The first kappa shape index (κ1) is 15.8. The number of hydrogen-bond acceptors (Lipinski definition) is 5. The van der Waals surface area contributed by atoms with Crippen LogP contribution in [0.5, 0.6) is 5.88 Å². The molecule has 0 amide bonds. The van der Waals surface area contributed by atoms with Gasteiger partial charge in [0.05, 0.1) is 24.7 Å². The molecule has 2 aromatic carbocycles. The minimum Gasteiger partial charge on any atom is -0.478 e. The number of rotatable bonds is 4. The molecule has 0 atom stereocenters. The third kappa shape index (κ3) is 2.76. The molecule has 3 aromatic rings. The van der Waals surface area contributed by atoms with E-state index in [9.17, 15) is 4.79 Å². The van der Waals surface area contributed by atoms with Gasteiger partial charge >= 0.3 is 5.97 Å². The van der Waals surface area contributed by atoms with Gasteiger partial charge in [-0.15, -0.1) is 0 Å². The second-order valence-corrected chi connectivity index (χ2v) is 5.25. The second kappa shape index (κ2) is 6.58. The fraction of sp³-hybridized carbons (Fsp3) is 0.158. The largest absolute Gasteiger partial charge is 0.478 e. The number of nitrogens with two attached hydrogens (primary N) is 1. The van der Waals surface area contributed by atoms with E-state index in [0.717, 1.165) is 16.5 Å². The number of pyridine rings is 1. The maximum Gasteiger partial charge on any atom is 0.338 e. The number of hydrogen-bond donors (Lipinski definition) is 1. The van der Waals surface area contributed by atoms with Crippen LogP contribution in [0.1, 0.15) is 17.3 Å². The lowest BCUT2D eigenvalue weighted by Gasteiger charge is -2.13. The molecule has 1 aromatic heterocycles. The van der Waals surface area contributed by atoms with Gasteiger partial charge < -0.3 is 15.2 Å². The van der Waals surface area contributed by atoms with Crippen LogP contribution in [0.25, 0.3) is 21.9 Å². The molecule has 0 radical (unpaired) electrons. The number of benzene rings is 2. The molecule has 1 heterocycles. The molecule has 2 N–H and O–H groups in total. The van der Waals surface area contributed by atoms with Crippen LogP contribution in [-0.2, 0) is 4.74 Å². The summed E-state index contributed by atoms with van der Waals surface area (Å²) in [6.07, 6.45) is 1.75. The molecule has 0 spiro atoms. The van der Waals surface area contributed by atoms with Crippen molar-refractivity contribution in [2.24, 2.45) is 0 Å². The van der Waals surface area contributed by atoms with Crippen LogP contribution in [0, 0.1) is 0 Å². The molecular formula is C19H18N2O3. The lowest BCUT2D eigenvalue weighted by molar-refractivity contribution is 0.0602. The summed E-state index contributed by atoms with van der Waals surface area (Å²) in [6.45, 7) is 2.33. The fourth-order valence-electron chi connectivity index (χ4n) is 2.68. The predicted octanol–water partition coefficient (Wildman–Crippen LogP) is 3.67. The summed E-state index contributed by atoms with van der Waals surface area (Å²) in [7, 11) is 1.36. The Bertz CT molecular complexity index is 889. The lowest BCUT2D eigenvalue weighted by atomic mass is 9.97. The Kier molecular flexibility index (Phi) is 4.33. The van der Waals surface area contributed by atoms with Crippen molar-refractivity contribution < 1.29 is 14.3 Å². The van der Waals surface area contributed by atoms with Crippen molar-refractivity contribution in [3.63, 3.8) is 0 Å². The van der Waals surface area contributed by atoms with Crippen LogP contribution >= 0.6 is 0 Å². The number of methoxy groups -OCH3 is 1. The van der Waals surface area contributed by atoms with Crippen molar-refractivity contribution in [2.45, 2.75) is 6.92 Å². The summed E-state index contributed by atoms with van der Waals surface area (Å²) < 4.78 is 10.5. The molecule has 0 aliphatic heterocycles. The molecule has 122 valence electrons. The molecule has 24 heavy (non-hydrogen) atoms. The average Bonchev–Trinajstić information content (AvgIpc) is 2.62. The third-order valence-electron chi connectivity index (χ3n) is 3.79. The van der Waals surface area contributed by atoms with E-state index in [-0.39, 0.29) is 0 Å². The van der Waals surface area contributed by atoms with Gasteiger partial charge in [0.2, 0.25) is 5.88 Å². The minimum absolute atomic E-state index is 0.419. The Morgan fingerprint density at radius 1 is 1.17 bits per heavy atom. The molecule has 0 bridgehead atoms. The van der Waals surface area contributed by atoms with E-state index >= 15 is 0 Å². The van der Waals surface area contributed by atoms with Crippen molar-refractivity contribution in [1.82, 2.24) is 4.98 Å². The van der Waals surface area contributed by atoms with Crippen LogP contribution in [0.4, 0.5) is 5.69 Å². The van der Waals surface area contributed by atoms with Crippen molar-refractivity contribution in [1.29, 1.82) is 0 Å². The topological polar surface area (TPSA) is 74.4 Å². The number of aromatic nitrogens is 1. The summed E-state index contributed by atoms with van der Waals surface area (Å²) in [5.41, 5.74) is 8.76. The Balaban J connectivity index is 2.31. The van der Waals surface area contributed by atoms with Crippen LogP contribution in [0.15, 0.2) is 48.7 Å². The normalized spacial score (nSPS) is 10.6. The zero-order chi connectivity index (χ0) is 17.1. The number of ether oxygens (including phenoxy) is 2. The Labute approximate surface area is 140 Å². The van der Waals surface area contributed by atoms with Gasteiger partial charge in [-0.05, 0) is 36.1 Å². The van der Waals surface area contributed by atoms with Gasteiger partial charge in [0, 0.05) is 17.4 Å². The van der Waals surface area contributed by atoms with Gasteiger partial charge in [0.1, 0.15) is 0 Å². The predicted molar refractivity (Wildman–Crippen MR) is 94.1 cm³/mol. The molecule has 0 aliphatic rings. The van der Waals surface area contributed by atoms with E-state index < -0.39 is 5.97 Å². The molecule has 0 unspecified atom stereocenters. The van der Waals surface area contributed by atoms with Crippen molar-refractivity contribution >= 4 is 22.4 Å². The fourth-order valence-corrected chi connectivity index (χ4v) is 2.68. The lowest BCUT2D eigenvalue weighted by Crippen LogP contribution is -2.05. The Hall–Kier alpha value is -3.08. The summed E-state index contributed by atoms with van der Waals surface area (Å²) >= 11 is 0. The highest BCUT2D eigenvalue weighted by Gasteiger charge is 2.18. The molecule has 5 heteroatoms. The SMILES string of the molecule is CCOc1ncc(-c2ccc(N)cc2)c2cccc(C(=O)OC)c12. The quantitative estimate of drug-likeness (QED) is 0.586.